The van der Waals surface area contributed by atoms with E-state index < -0.39 is 0 Å². The molecular weight excluding hydrogens is 244 g/mol. The number of benzene rings is 2. The van der Waals surface area contributed by atoms with Gasteiger partial charge in [-0.05, 0) is 40.2 Å². The average molecular weight is 254 g/mol. The summed E-state index contributed by atoms with van der Waals surface area (Å²) < 4.78 is 0. The number of hydrogen-bond donors (Lipinski definition) is 1. The van der Waals surface area contributed by atoms with Crippen molar-refractivity contribution in [3.63, 3.8) is 0 Å². The van der Waals surface area contributed by atoms with E-state index in [4.69, 9.17) is 5.73 Å². The van der Waals surface area contributed by atoms with Gasteiger partial charge in [0.15, 0.2) is 5.17 Å². The first-order valence-electron chi connectivity index (χ1n) is 5.49. The van der Waals surface area contributed by atoms with E-state index in [0.717, 1.165) is 10.9 Å². The highest BCUT2D eigenvalue weighted by atomic mass is 32.2. The fourth-order valence-corrected chi connectivity index (χ4v) is 2.56. The number of carbonyl (C=O) groups excluding carboxylic acids is 1. The van der Waals surface area contributed by atoms with Crippen LogP contribution < -0.4 is 5.73 Å². The fourth-order valence-electron chi connectivity index (χ4n) is 1.87. The predicted molar refractivity (Wildman–Crippen MR) is 76.1 cm³/mol. The summed E-state index contributed by atoms with van der Waals surface area (Å²) >= 11 is 1.21. The molecule has 4 heteroatoms. The van der Waals surface area contributed by atoms with Crippen LogP contribution >= 0.6 is 11.8 Å². The van der Waals surface area contributed by atoms with Crippen LogP contribution in [-0.2, 0) is 4.79 Å². The Morgan fingerprint density at radius 1 is 1.11 bits per heavy atom. The van der Waals surface area contributed by atoms with Crippen molar-refractivity contribution < 1.29 is 4.79 Å². The molecule has 0 aromatic heterocycles. The van der Waals surface area contributed by atoms with Crippen LogP contribution in [0, 0.1) is 0 Å². The summed E-state index contributed by atoms with van der Waals surface area (Å²) in [6.07, 6.45) is 1.82. The number of amides is 1. The molecule has 0 spiro atoms. The summed E-state index contributed by atoms with van der Waals surface area (Å²) in [7, 11) is 0. The number of nitrogens with two attached hydrogens (primary N) is 1. The molecule has 0 atom stereocenters. The molecule has 0 saturated heterocycles. The van der Waals surface area contributed by atoms with Crippen LogP contribution in [0.25, 0.3) is 16.8 Å². The number of nitrogens with zero attached hydrogens (tertiary/aromatic N) is 1. The zero-order valence-electron chi connectivity index (χ0n) is 9.46. The van der Waals surface area contributed by atoms with E-state index in [1.54, 1.807) is 0 Å². The summed E-state index contributed by atoms with van der Waals surface area (Å²) in [6.45, 7) is 0. The number of carbonyl (C=O) groups is 1. The molecule has 2 N–H and O–H groups in total. The molecule has 1 aliphatic rings. The van der Waals surface area contributed by atoms with Crippen molar-refractivity contribution >= 4 is 39.7 Å². The van der Waals surface area contributed by atoms with E-state index >= 15 is 0 Å². The van der Waals surface area contributed by atoms with Crippen molar-refractivity contribution in [1.82, 2.24) is 0 Å². The average Bonchev–Trinajstić information content (AvgIpc) is 2.68. The summed E-state index contributed by atoms with van der Waals surface area (Å²) in [5.74, 6) is -0.259. The van der Waals surface area contributed by atoms with Gasteiger partial charge in [-0.3, -0.25) is 4.79 Å². The molecule has 0 aliphatic carbocycles. The smallest absolute Gasteiger partial charge is 0.286 e. The minimum atomic E-state index is -0.259. The normalized spacial score (nSPS) is 17.4. The van der Waals surface area contributed by atoms with Crippen molar-refractivity contribution in [2.75, 3.05) is 0 Å². The zero-order valence-corrected chi connectivity index (χ0v) is 10.3. The van der Waals surface area contributed by atoms with Gasteiger partial charge in [-0.25, -0.2) is 0 Å². The predicted octanol–water partition coefficient (Wildman–Crippen LogP) is 2.77. The van der Waals surface area contributed by atoms with Gasteiger partial charge in [-0.15, -0.1) is 0 Å². The Bertz CT molecular complexity index is 704. The minimum Gasteiger partial charge on any atom is -0.378 e. The Morgan fingerprint density at radius 3 is 2.61 bits per heavy atom. The van der Waals surface area contributed by atoms with Crippen LogP contribution in [0.1, 0.15) is 5.56 Å². The van der Waals surface area contributed by atoms with Crippen LogP contribution in [0.2, 0.25) is 0 Å². The molecule has 18 heavy (non-hydrogen) atoms. The van der Waals surface area contributed by atoms with E-state index in [9.17, 15) is 4.79 Å². The number of thioether (sulfide) groups is 1. The largest absolute Gasteiger partial charge is 0.378 e. The second-order valence-electron chi connectivity index (χ2n) is 3.97. The number of hydrogen-bond acceptors (Lipinski definition) is 3. The second-order valence-corrected chi connectivity index (χ2v) is 5.03. The van der Waals surface area contributed by atoms with Crippen molar-refractivity contribution in [2.45, 2.75) is 0 Å². The molecule has 1 heterocycles. The highest BCUT2D eigenvalue weighted by Crippen LogP contribution is 2.27. The molecule has 0 fully saturated rings. The van der Waals surface area contributed by atoms with Gasteiger partial charge in [0.05, 0.1) is 4.91 Å². The maximum Gasteiger partial charge on any atom is 0.286 e. The molecule has 0 unspecified atom stereocenters. The lowest BCUT2D eigenvalue weighted by atomic mass is 10.1. The van der Waals surface area contributed by atoms with Crippen molar-refractivity contribution in [3.8, 4) is 0 Å². The van der Waals surface area contributed by atoms with Crippen molar-refractivity contribution in [2.24, 2.45) is 10.7 Å². The van der Waals surface area contributed by atoms with E-state index in [1.165, 1.54) is 17.1 Å². The molecule has 1 amide bonds. The minimum absolute atomic E-state index is 0.259. The number of rotatable bonds is 1. The molecule has 3 nitrogen and oxygen atoms in total. The third kappa shape index (κ3) is 2.02. The standard InChI is InChI=1S/C14H10N2OS/c15-14-16-13(17)12(18-14)8-9-5-6-10-3-1-2-4-11(10)7-9/h1-8H,(H2,15,16,17)/b12-8-. The fraction of sp³-hybridized carbons (Fsp3) is 0. The van der Waals surface area contributed by atoms with E-state index in [1.807, 2.05) is 42.5 Å². The van der Waals surface area contributed by atoms with Gasteiger partial charge in [0.2, 0.25) is 0 Å². The molecule has 0 saturated carbocycles. The van der Waals surface area contributed by atoms with Crippen LogP contribution in [-0.4, -0.2) is 11.1 Å². The number of fused-ring (bicyclic) bond motifs is 1. The second kappa shape index (κ2) is 4.31. The van der Waals surface area contributed by atoms with Gasteiger partial charge in [0.1, 0.15) is 0 Å². The Kier molecular flexibility index (Phi) is 2.64. The van der Waals surface area contributed by atoms with E-state index in [0.29, 0.717) is 10.1 Å². The van der Waals surface area contributed by atoms with Gasteiger partial charge in [0.25, 0.3) is 5.91 Å². The molecule has 0 bridgehead atoms. The number of aliphatic imine (C=N–C) groups is 1. The number of amidine groups is 1. The quantitative estimate of drug-likeness (QED) is 0.796. The molecule has 88 valence electrons. The lowest BCUT2D eigenvalue weighted by Crippen LogP contribution is -2.01. The highest BCUT2D eigenvalue weighted by Gasteiger charge is 2.19. The van der Waals surface area contributed by atoms with Gasteiger partial charge < -0.3 is 5.73 Å². The third-order valence-corrected chi connectivity index (χ3v) is 3.52. The van der Waals surface area contributed by atoms with Crippen molar-refractivity contribution in [3.05, 3.63) is 52.9 Å². The third-order valence-electron chi connectivity index (χ3n) is 2.71. The molecular formula is C14H10N2OS. The van der Waals surface area contributed by atoms with Crippen LogP contribution in [0.3, 0.4) is 0 Å². The molecule has 1 aliphatic heterocycles. The topological polar surface area (TPSA) is 55.4 Å². The summed E-state index contributed by atoms with van der Waals surface area (Å²) in [5.41, 5.74) is 6.49. The summed E-state index contributed by atoms with van der Waals surface area (Å²) in [4.78, 5) is 15.7. The van der Waals surface area contributed by atoms with E-state index in [2.05, 4.69) is 11.1 Å². The first-order valence-corrected chi connectivity index (χ1v) is 6.31. The molecule has 0 radical (unpaired) electrons. The molecule has 2 aromatic carbocycles. The van der Waals surface area contributed by atoms with Gasteiger partial charge >= 0.3 is 0 Å². The Morgan fingerprint density at radius 2 is 1.89 bits per heavy atom. The summed E-state index contributed by atoms with van der Waals surface area (Å²) in [5, 5.41) is 2.64. The van der Waals surface area contributed by atoms with Crippen molar-refractivity contribution in [1.29, 1.82) is 0 Å². The lowest BCUT2D eigenvalue weighted by molar-refractivity contribution is -0.113. The zero-order chi connectivity index (χ0) is 12.5. The Balaban J connectivity index is 2.01. The van der Waals surface area contributed by atoms with Crippen LogP contribution in [0.15, 0.2) is 52.4 Å². The van der Waals surface area contributed by atoms with Crippen LogP contribution in [0.5, 0.6) is 0 Å². The maximum absolute atomic E-state index is 11.5. The molecule has 3 rings (SSSR count). The summed E-state index contributed by atoms with van der Waals surface area (Å²) in [6, 6.07) is 14.2. The first kappa shape index (κ1) is 11.0. The van der Waals surface area contributed by atoms with Gasteiger partial charge in [-0.2, -0.15) is 4.99 Å². The first-order chi connectivity index (χ1) is 8.72. The Hall–Kier alpha value is -2.07. The monoisotopic (exact) mass is 254 g/mol. The maximum atomic E-state index is 11.5. The van der Waals surface area contributed by atoms with E-state index in [-0.39, 0.29) is 5.91 Å². The lowest BCUT2D eigenvalue weighted by Gasteiger charge is -2.00. The highest BCUT2D eigenvalue weighted by molar-refractivity contribution is 8.18. The SMILES string of the molecule is NC1=NC(=O)/C(=C/c2ccc3ccccc3c2)S1. The molecule has 2 aromatic rings. The van der Waals surface area contributed by atoms with Crippen LogP contribution in [0.4, 0.5) is 0 Å². The van der Waals surface area contributed by atoms with Gasteiger partial charge in [-0.1, -0.05) is 36.4 Å². The Labute approximate surface area is 108 Å². The van der Waals surface area contributed by atoms with Gasteiger partial charge in [0, 0.05) is 0 Å².